The Bertz CT molecular complexity index is 565. The zero-order chi connectivity index (χ0) is 14.4. The third-order valence-corrected chi connectivity index (χ3v) is 2.81. The van der Waals surface area contributed by atoms with E-state index in [9.17, 15) is 4.79 Å². The fraction of sp³-hybridized carbons (Fsp3) is 0.200. The summed E-state index contributed by atoms with van der Waals surface area (Å²) >= 11 is 0. The molecule has 1 aromatic carbocycles. The lowest BCUT2D eigenvalue weighted by molar-refractivity contribution is 0.0951. The summed E-state index contributed by atoms with van der Waals surface area (Å²) in [5.74, 6) is 1.14. The predicted molar refractivity (Wildman–Crippen MR) is 75.0 cm³/mol. The fourth-order valence-corrected chi connectivity index (χ4v) is 1.66. The van der Waals surface area contributed by atoms with Crippen LogP contribution < -0.4 is 14.8 Å². The van der Waals surface area contributed by atoms with Crippen molar-refractivity contribution in [2.45, 2.75) is 6.54 Å². The Morgan fingerprint density at radius 3 is 2.40 bits per heavy atom. The lowest BCUT2D eigenvalue weighted by Crippen LogP contribution is -2.22. The van der Waals surface area contributed by atoms with Gasteiger partial charge in [-0.1, -0.05) is 6.07 Å². The molecule has 1 aromatic heterocycles. The van der Waals surface area contributed by atoms with E-state index in [4.69, 9.17) is 9.47 Å². The van der Waals surface area contributed by atoms with E-state index in [-0.39, 0.29) is 5.91 Å². The van der Waals surface area contributed by atoms with Gasteiger partial charge >= 0.3 is 0 Å². The van der Waals surface area contributed by atoms with Gasteiger partial charge in [0, 0.05) is 24.4 Å². The third-order valence-electron chi connectivity index (χ3n) is 2.81. The number of methoxy groups -OCH3 is 2. The molecule has 2 rings (SSSR count). The normalized spacial score (nSPS) is 9.90. The van der Waals surface area contributed by atoms with E-state index < -0.39 is 0 Å². The van der Waals surface area contributed by atoms with Crippen LogP contribution in [-0.2, 0) is 6.54 Å². The van der Waals surface area contributed by atoms with Crippen LogP contribution in [0.3, 0.4) is 0 Å². The van der Waals surface area contributed by atoms with Gasteiger partial charge in [-0.15, -0.1) is 0 Å². The molecule has 0 aliphatic carbocycles. The van der Waals surface area contributed by atoms with Gasteiger partial charge in [-0.25, -0.2) is 4.98 Å². The van der Waals surface area contributed by atoms with E-state index >= 15 is 0 Å². The number of pyridine rings is 1. The van der Waals surface area contributed by atoms with Gasteiger partial charge in [0.2, 0.25) is 5.88 Å². The Morgan fingerprint density at radius 2 is 1.85 bits per heavy atom. The number of nitrogens with zero attached hydrogens (tertiary/aromatic N) is 1. The molecule has 0 fully saturated rings. The van der Waals surface area contributed by atoms with Crippen LogP contribution in [0.25, 0.3) is 0 Å². The molecule has 1 N–H and O–H groups in total. The molecule has 0 aliphatic rings. The first-order valence-electron chi connectivity index (χ1n) is 6.14. The summed E-state index contributed by atoms with van der Waals surface area (Å²) < 4.78 is 10.0. The Labute approximate surface area is 117 Å². The molecule has 2 aromatic rings. The van der Waals surface area contributed by atoms with Gasteiger partial charge in [0.15, 0.2) is 0 Å². The van der Waals surface area contributed by atoms with Crippen molar-refractivity contribution in [1.29, 1.82) is 0 Å². The van der Waals surface area contributed by atoms with Crippen molar-refractivity contribution >= 4 is 5.91 Å². The van der Waals surface area contributed by atoms with Gasteiger partial charge < -0.3 is 14.8 Å². The number of ether oxygens (including phenoxy) is 2. The topological polar surface area (TPSA) is 60.5 Å². The Morgan fingerprint density at radius 1 is 1.10 bits per heavy atom. The number of carbonyl (C=O) groups is 1. The molecule has 1 amide bonds. The maximum atomic E-state index is 11.9. The minimum atomic E-state index is -0.136. The first kappa shape index (κ1) is 13.9. The van der Waals surface area contributed by atoms with Crippen LogP contribution in [0.1, 0.15) is 15.9 Å². The molecule has 5 heteroatoms. The van der Waals surface area contributed by atoms with Crippen LogP contribution in [-0.4, -0.2) is 25.1 Å². The molecule has 0 saturated heterocycles. The van der Waals surface area contributed by atoms with Crippen LogP contribution in [0.5, 0.6) is 11.6 Å². The highest BCUT2D eigenvalue weighted by Gasteiger charge is 2.05. The number of hydrogen-bond acceptors (Lipinski definition) is 4. The second-order valence-electron chi connectivity index (χ2n) is 4.12. The van der Waals surface area contributed by atoms with Crippen molar-refractivity contribution in [3.8, 4) is 11.6 Å². The van der Waals surface area contributed by atoms with Crippen LogP contribution in [0.15, 0.2) is 42.6 Å². The summed E-state index contributed by atoms with van der Waals surface area (Å²) in [5.41, 5.74) is 1.50. The largest absolute Gasteiger partial charge is 0.497 e. The van der Waals surface area contributed by atoms with Crippen molar-refractivity contribution in [2.75, 3.05) is 14.2 Å². The second kappa shape index (κ2) is 6.56. The van der Waals surface area contributed by atoms with Crippen molar-refractivity contribution in [1.82, 2.24) is 10.3 Å². The number of rotatable bonds is 5. The number of aromatic nitrogens is 1. The van der Waals surface area contributed by atoms with E-state index in [2.05, 4.69) is 10.3 Å². The van der Waals surface area contributed by atoms with Crippen LogP contribution in [0, 0.1) is 0 Å². The number of nitrogens with one attached hydrogen (secondary N) is 1. The Hall–Kier alpha value is -2.56. The van der Waals surface area contributed by atoms with Gasteiger partial charge in [-0.3, -0.25) is 4.79 Å². The molecule has 0 atom stereocenters. The van der Waals surface area contributed by atoms with Gasteiger partial charge in [0.05, 0.1) is 14.2 Å². The zero-order valence-electron chi connectivity index (χ0n) is 11.4. The minimum Gasteiger partial charge on any atom is -0.497 e. The summed E-state index contributed by atoms with van der Waals surface area (Å²) in [6, 6.07) is 10.6. The maximum absolute atomic E-state index is 11.9. The number of benzene rings is 1. The Kier molecular flexibility index (Phi) is 4.55. The van der Waals surface area contributed by atoms with Crippen LogP contribution >= 0.6 is 0 Å². The van der Waals surface area contributed by atoms with Crippen molar-refractivity contribution in [2.24, 2.45) is 0 Å². The average Bonchev–Trinajstić information content (AvgIpc) is 2.53. The molecule has 20 heavy (non-hydrogen) atoms. The molecular weight excluding hydrogens is 256 g/mol. The lowest BCUT2D eigenvalue weighted by Gasteiger charge is -2.06. The molecule has 1 heterocycles. The summed E-state index contributed by atoms with van der Waals surface area (Å²) in [5, 5.41) is 2.83. The highest BCUT2D eigenvalue weighted by Crippen LogP contribution is 2.11. The quantitative estimate of drug-likeness (QED) is 0.904. The zero-order valence-corrected chi connectivity index (χ0v) is 11.4. The number of hydrogen-bond donors (Lipinski definition) is 1. The van der Waals surface area contributed by atoms with Gasteiger partial charge in [-0.2, -0.15) is 0 Å². The molecule has 0 spiro atoms. The summed E-state index contributed by atoms with van der Waals surface area (Å²) in [7, 11) is 3.15. The van der Waals surface area contributed by atoms with E-state index in [1.807, 2.05) is 6.07 Å². The van der Waals surface area contributed by atoms with E-state index in [1.54, 1.807) is 50.7 Å². The van der Waals surface area contributed by atoms with Gasteiger partial charge in [0.25, 0.3) is 5.91 Å². The highest BCUT2D eigenvalue weighted by atomic mass is 16.5. The van der Waals surface area contributed by atoms with Crippen LogP contribution in [0.4, 0.5) is 0 Å². The van der Waals surface area contributed by atoms with E-state index in [0.29, 0.717) is 18.0 Å². The number of carbonyl (C=O) groups excluding carboxylic acids is 1. The van der Waals surface area contributed by atoms with Crippen molar-refractivity contribution in [3.63, 3.8) is 0 Å². The second-order valence-corrected chi connectivity index (χ2v) is 4.12. The minimum absolute atomic E-state index is 0.136. The molecular formula is C15H16N2O3. The standard InChI is InChI=1S/C15H16N2O3/c1-19-13-6-4-12(5-7-13)15(18)17-10-11-3-8-14(20-2)16-9-11/h3-9H,10H2,1-2H3,(H,17,18). The maximum Gasteiger partial charge on any atom is 0.251 e. The number of amides is 1. The van der Waals surface area contributed by atoms with Crippen molar-refractivity contribution < 1.29 is 14.3 Å². The molecule has 0 bridgehead atoms. The fourth-order valence-electron chi connectivity index (χ4n) is 1.66. The Balaban J connectivity index is 1.93. The third kappa shape index (κ3) is 3.47. The summed E-state index contributed by atoms with van der Waals surface area (Å²) in [6.07, 6.45) is 1.67. The predicted octanol–water partition coefficient (Wildman–Crippen LogP) is 2.03. The molecule has 104 valence electrons. The lowest BCUT2D eigenvalue weighted by atomic mass is 10.2. The SMILES string of the molecule is COc1ccc(C(=O)NCc2ccc(OC)nc2)cc1. The molecule has 5 nitrogen and oxygen atoms in total. The van der Waals surface area contributed by atoms with Crippen LogP contribution in [0.2, 0.25) is 0 Å². The molecule has 0 radical (unpaired) electrons. The monoisotopic (exact) mass is 272 g/mol. The van der Waals surface area contributed by atoms with Gasteiger partial charge in [0.1, 0.15) is 5.75 Å². The molecule has 0 unspecified atom stereocenters. The van der Waals surface area contributed by atoms with Gasteiger partial charge in [-0.05, 0) is 29.8 Å². The first-order valence-corrected chi connectivity index (χ1v) is 6.14. The van der Waals surface area contributed by atoms with E-state index in [1.165, 1.54) is 0 Å². The highest BCUT2D eigenvalue weighted by molar-refractivity contribution is 5.94. The molecule has 0 saturated carbocycles. The summed E-state index contributed by atoms with van der Waals surface area (Å²) in [6.45, 7) is 0.419. The first-order chi connectivity index (χ1) is 9.72. The van der Waals surface area contributed by atoms with E-state index in [0.717, 1.165) is 11.3 Å². The molecule has 0 aliphatic heterocycles. The average molecular weight is 272 g/mol. The smallest absolute Gasteiger partial charge is 0.251 e. The van der Waals surface area contributed by atoms with Crippen molar-refractivity contribution in [3.05, 3.63) is 53.7 Å². The summed E-state index contributed by atoms with van der Waals surface area (Å²) in [4.78, 5) is 16.0.